The fraction of sp³-hybridized carbons (Fsp3) is 0.346. The quantitative estimate of drug-likeness (QED) is 0.236. The summed E-state index contributed by atoms with van der Waals surface area (Å²) in [6.45, 7) is 4.03. The number of benzene rings is 2. The summed E-state index contributed by atoms with van der Waals surface area (Å²) in [6, 6.07) is 12.4. The number of carbonyl (C=O) groups is 2. The smallest absolute Gasteiger partial charge is 0.446 e. The maximum absolute atomic E-state index is 12.9. The van der Waals surface area contributed by atoms with Crippen molar-refractivity contribution in [2.24, 2.45) is 0 Å². The van der Waals surface area contributed by atoms with Gasteiger partial charge in [-0.3, -0.25) is 14.5 Å². The third-order valence-corrected chi connectivity index (χ3v) is 7.35. The highest BCUT2D eigenvalue weighted by atomic mass is 32.2. The van der Waals surface area contributed by atoms with Gasteiger partial charge in [0, 0.05) is 28.5 Å². The first-order valence-corrected chi connectivity index (χ1v) is 12.4. The predicted molar refractivity (Wildman–Crippen MR) is 135 cm³/mol. The number of halogens is 3. The lowest BCUT2D eigenvalue weighted by Gasteiger charge is -2.38. The van der Waals surface area contributed by atoms with Crippen LogP contribution in [0.25, 0.3) is 0 Å². The van der Waals surface area contributed by atoms with E-state index in [9.17, 15) is 22.8 Å². The van der Waals surface area contributed by atoms with E-state index in [2.05, 4.69) is 14.9 Å². The van der Waals surface area contributed by atoms with E-state index in [0.29, 0.717) is 24.2 Å². The van der Waals surface area contributed by atoms with Crippen LogP contribution in [0.5, 0.6) is 5.75 Å². The number of anilines is 1. The second kappa shape index (κ2) is 10.6. The largest absolute Gasteiger partial charge is 0.497 e. The van der Waals surface area contributed by atoms with Crippen molar-refractivity contribution >= 4 is 29.5 Å². The lowest BCUT2D eigenvalue weighted by molar-refractivity contribution is -0.131. The van der Waals surface area contributed by atoms with Gasteiger partial charge in [0.05, 0.1) is 19.8 Å². The SMILES string of the molecule is COc1ccc(CC(c2ncc[nH]2)N2CN(c3ccc(SC(F)(F)F)cc3)C(C(=O)C=O)C2(C)C)cc1. The number of rotatable bonds is 9. The van der Waals surface area contributed by atoms with Gasteiger partial charge in [0.2, 0.25) is 5.78 Å². The van der Waals surface area contributed by atoms with Crippen molar-refractivity contribution in [3.63, 3.8) is 0 Å². The monoisotopic (exact) mass is 532 g/mol. The van der Waals surface area contributed by atoms with Gasteiger partial charge >= 0.3 is 5.51 Å². The highest BCUT2D eigenvalue weighted by molar-refractivity contribution is 8.00. The van der Waals surface area contributed by atoms with Gasteiger partial charge in [0.25, 0.3) is 0 Å². The van der Waals surface area contributed by atoms with E-state index < -0.39 is 22.9 Å². The van der Waals surface area contributed by atoms with Crippen LogP contribution < -0.4 is 9.64 Å². The Hall–Kier alpha value is -3.31. The van der Waals surface area contributed by atoms with Crippen LogP contribution in [0.1, 0.15) is 31.3 Å². The summed E-state index contributed by atoms with van der Waals surface area (Å²) in [7, 11) is 1.60. The molecular weight excluding hydrogens is 505 g/mol. The number of aromatic amines is 1. The van der Waals surface area contributed by atoms with E-state index in [4.69, 9.17) is 4.74 Å². The fourth-order valence-electron chi connectivity index (χ4n) is 4.90. The van der Waals surface area contributed by atoms with Gasteiger partial charge in [0.1, 0.15) is 17.6 Å². The van der Waals surface area contributed by atoms with Crippen molar-refractivity contribution in [3.8, 4) is 5.75 Å². The van der Waals surface area contributed by atoms with Crippen molar-refractivity contribution in [2.45, 2.75) is 48.3 Å². The number of ether oxygens (including phenoxy) is 1. The third kappa shape index (κ3) is 5.83. The zero-order valence-electron chi connectivity index (χ0n) is 20.5. The molecule has 0 aliphatic carbocycles. The van der Waals surface area contributed by atoms with Crippen molar-refractivity contribution < 1.29 is 27.5 Å². The number of thioether (sulfide) groups is 1. The Bertz CT molecular complexity index is 1220. The molecule has 1 N–H and O–H groups in total. The summed E-state index contributed by atoms with van der Waals surface area (Å²) in [6.07, 6.45) is 4.24. The number of aldehydes is 1. The maximum atomic E-state index is 12.9. The summed E-state index contributed by atoms with van der Waals surface area (Å²) in [5.74, 6) is 0.818. The molecular formula is C26H27F3N4O3S. The molecule has 0 bridgehead atoms. The lowest BCUT2D eigenvalue weighted by atomic mass is 9.88. The fourth-order valence-corrected chi connectivity index (χ4v) is 5.44. The van der Waals surface area contributed by atoms with Gasteiger partial charge in [-0.2, -0.15) is 13.2 Å². The molecule has 2 atom stereocenters. The number of alkyl halides is 3. The highest BCUT2D eigenvalue weighted by Crippen LogP contribution is 2.42. The molecule has 2 heterocycles. The van der Waals surface area contributed by atoms with Crippen LogP contribution in [-0.2, 0) is 16.0 Å². The molecule has 0 spiro atoms. The topological polar surface area (TPSA) is 78.5 Å². The Labute approximate surface area is 217 Å². The third-order valence-electron chi connectivity index (χ3n) is 6.61. The molecule has 2 aromatic carbocycles. The molecule has 1 fully saturated rings. The number of methoxy groups -OCH3 is 1. The van der Waals surface area contributed by atoms with Crippen LogP contribution in [0.15, 0.2) is 65.8 Å². The molecule has 196 valence electrons. The van der Waals surface area contributed by atoms with E-state index in [1.807, 2.05) is 38.1 Å². The van der Waals surface area contributed by atoms with E-state index >= 15 is 0 Å². The first-order chi connectivity index (χ1) is 17.5. The van der Waals surface area contributed by atoms with Gasteiger partial charge in [-0.25, -0.2) is 4.98 Å². The van der Waals surface area contributed by atoms with E-state index in [0.717, 1.165) is 11.3 Å². The molecule has 2 unspecified atom stereocenters. The van der Waals surface area contributed by atoms with Crippen molar-refractivity contribution in [1.29, 1.82) is 0 Å². The summed E-state index contributed by atoms with van der Waals surface area (Å²) in [5, 5.41) is 0. The molecule has 1 saturated heterocycles. The van der Waals surface area contributed by atoms with Crippen LogP contribution in [0.3, 0.4) is 0 Å². The standard InChI is InChI=1S/C26H27F3N4O3S/c1-25(2)23(22(35)15-34)32(18-6-10-20(11-7-18)37-26(27,28)29)16-33(25)21(24-30-12-13-31-24)14-17-4-8-19(36-3)9-5-17/h4-13,15,21,23H,14,16H2,1-3H3,(H,30,31). The number of nitrogens with one attached hydrogen (secondary N) is 1. The van der Waals surface area contributed by atoms with Gasteiger partial charge in [0.15, 0.2) is 6.29 Å². The minimum atomic E-state index is -4.40. The van der Waals surface area contributed by atoms with Gasteiger partial charge < -0.3 is 14.6 Å². The van der Waals surface area contributed by atoms with Gasteiger partial charge in [-0.15, -0.1) is 0 Å². The summed E-state index contributed by atoms with van der Waals surface area (Å²) >= 11 is -0.202. The van der Waals surface area contributed by atoms with Crippen LogP contribution >= 0.6 is 11.8 Å². The van der Waals surface area contributed by atoms with Crippen LogP contribution in [0.2, 0.25) is 0 Å². The predicted octanol–water partition coefficient (Wildman–Crippen LogP) is 5.01. The van der Waals surface area contributed by atoms with Crippen LogP contribution in [0.4, 0.5) is 18.9 Å². The minimum absolute atomic E-state index is 0.0396. The average molecular weight is 533 g/mol. The van der Waals surface area contributed by atoms with Crippen molar-refractivity contribution in [3.05, 3.63) is 72.3 Å². The molecule has 1 aliphatic rings. The van der Waals surface area contributed by atoms with E-state index in [1.54, 1.807) is 36.5 Å². The summed E-state index contributed by atoms with van der Waals surface area (Å²) in [5.41, 5.74) is -3.66. The molecule has 1 aromatic heterocycles. The molecule has 4 rings (SSSR count). The number of hydrogen-bond acceptors (Lipinski definition) is 7. The number of ketones is 1. The molecule has 11 heteroatoms. The first-order valence-electron chi connectivity index (χ1n) is 11.5. The second-order valence-corrected chi connectivity index (χ2v) is 10.4. The molecule has 0 saturated carbocycles. The Morgan fingerprint density at radius 2 is 1.89 bits per heavy atom. The number of hydrogen-bond donors (Lipinski definition) is 1. The molecule has 3 aromatic rings. The second-order valence-electron chi connectivity index (χ2n) is 9.24. The van der Waals surface area contributed by atoms with Gasteiger partial charge in [-0.1, -0.05) is 12.1 Å². The zero-order valence-corrected chi connectivity index (χ0v) is 21.3. The summed E-state index contributed by atoms with van der Waals surface area (Å²) in [4.78, 5) is 36.2. The highest BCUT2D eigenvalue weighted by Gasteiger charge is 2.52. The molecule has 0 radical (unpaired) electrons. The number of H-pyrrole nitrogens is 1. The Balaban J connectivity index is 1.70. The molecule has 37 heavy (non-hydrogen) atoms. The number of nitrogens with zero attached hydrogens (tertiary/aromatic N) is 3. The molecule has 7 nitrogen and oxygen atoms in total. The molecule has 1 aliphatic heterocycles. The zero-order chi connectivity index (χ0) is 26.8. The lowest BCUT2D eigenvalue weighted by Crippen LogP contribution is -2.52. The van der Waals surface area contributed by atoms with Crippen LogP contribution in [-0.4, -0.2) is 57.8 Å². The minimum Gasteiger partial charge on any atom is -0.497 e. The van der Waals surface area contributed by atoms with E-state index in [-0.39, 0.29) is 29.4 Å². The number of imidazole rings is 1. The molecule has 0 amide bonds. The summed E-state index contributed by atoms with van der Waals surface area (Å²) < 4.78 is 43.7. The normalized spacial score (nSPS) is 18.5. The van der Waals surface area contributed by atoms with Crippen LogP contribution in [0, 0.1) is 0 Å². The Morgan fingerprint density at radius 3 is 2.43 bits per heavy atom. The van der Waals surface area contributed by atoms with Gasteiger partial charge in [-0.05, 0) is 74.0 Å². The Morgan fingerprint density at radius 1 is 1.22 bits per heavy atom. The maximum Gasteiger partial charge on any atom is 0.446 e. The average Bonchev–Trinajstić information content (AvgIpc) is 3.48. The number of carbonyl (C=O) groups excluding carboxylic acids is 2. The Kier molecular flexibility index (Phi) is 7.65. The first kappa shape index (κ1) is 26.7. The van der Waals surface area contributed by atoms with Crippen molar-refractivity contribution in [1.82, 2.24) is 14.9 Å². The number of Topliss-reactive ketones (excluding diaryl/α,β-unsaturated/α-hetero) is 1. The van der Waals surface area contributed by atoms with E-state index in [1.165, 1.54) is 12.1 Å². The number of aromatic nitrogens is 2. The van der Waals surface area contributed by atoms with Crippen molar-refractivity contribution in [2.75, 3.05) is 18.7 Å².